The van der Waals surface area contributed by atoms with E-state index in [1.165, 1.54) is 28.7 Å². The lowest BCUT2D eigenvalue weighted by molar-refractivity contribution is 0.0920. The molecule has 7 nitrogen and oxygen atoms in total. The number of anilines is 1. The lowest BCUT2D eigenvalue weighted by atomic mass is 10.3. The molecule has 0 aliphatic carbocycles. The van der Waals surface area contributed by atoms with Crippen LogP contribution in [0, 0.1) is 0 Å². The highest BCUT2D eigenvalue weighted by Crippen LogP contribution is 2.29. The van der Waals surface area contributed by atoms with Crippen LogP contribution in [0.3, 0.4) is 0 Å². The third-order valence-electron chi connectivity index (χ3n) is 4.32. The monoisotopic (exact) mass is 449 g/mol. The highest BCUT2D eigenvalue weighted by atomic mass is 35.5. The third-order valence-corrected chi connectivity index (χ3v) is 6.55. The number of pyridine rings is 1. The molecule has 1 aliphatic heterocycles. The summed E-state index contributed by atoms with van der Waals surface area (Å²) in [6.07, 6.45) is 0.835. The Bertz CT molecular complexity index is 1110. The van der Waals surface area contributed by atoms with E-state index in [0.717, 1.165) is 10.6 Å². The predicted molar refractivity (Wildman–Crippen MR) is 113 cm³/mol. The fourth-order valence-corrected chi connectivity index (χ4v) is 4.78. The molecule has 3 aromatic heterocycles. The number of halogens is 1. The summed E-state index contributed by atoms with van der Waals surface area (Å²) < 4.78 is 7.51. The minimum atomic E-state index is -0.450. The van der Waals surface area contributed by atoms with Crippen molar-refractivity contribution in [3.8, 4) is 0 Å². The van der Waals surface area contributed by atoms with E-state index in [0.29, 0.717) is 22.3 Å². The Morgan fingerprint density at radius 3 is 2.90 bits per heavy atom. The molecule has 2 amide bonds. The number of nitrogens with one attached hydrogen (secondary N) is 1. The number of carbonyl (C=O) groups excluding carboxylic acids is 2. The van der Waals surface area contributed by atoms with E-state index in [1.54, 1.807) is 39.9 Å². The zero-order valence-corrected chi connectivity index (χ0v) is 17.4. The highest BCUT2D eigenvalue weighted by molar-refractivity contribution is 7.18. The quantitative estimate of drug-likeness (QED) is 0.625. The highest BCUT2D eigenvalue weighted by Gasteiger charge is 2.33. The van der Waals surface area contributed by atoms with E-state index >= 15 is 0 Å². The van der Waals surface area contributed by atoms with Crippen LogP contribution in [0.5, 0.6) is 0 Å². The second kappa shape index (κ2) is 8.40. The van der Waals surface area contributed by atoms with Crippen LogP contribution in [-0.2, 0) is 11.3 Å². The minimum Gasteiger partial charge on any atom is -0.442 e. The van der Waals surface area contributed by atoms with Crippen LogP contribution in [0.4, 0.5) is 9.80 Å². The lowest BCUT2D eigenvalue weighted by Crippen LogP contribution is -2.34. The molecule has 1 aliphatic rings. The molecule has 29 heavy (non-hydrogen) atoms. The van der Waals surface area contributed by atoms with Crippen molar-refractivity contribution in [3.05, 3.63) is 73.1 Å². The van der Waals surface area contributed by atoms with Gasteiger partial charge in [0.25, 0.3) is 11.5 Å². The summed E-state index contributed by atoms with van der Waals surface area (Å²) >= 11 is 8.45. The number of ether oxygens (including phenoxy) is 1. The Labute approximate surface area is 179 Å². The van der Waals surface area contributed by atoms with Crippen LogP contribution in [0.25, 0.3) is 0 Å². The number of aromatic nitrogens is 1. The number of hydrogen-bond acceptors (Lipinski definition) is 6. The summed E-state index contributed by atoms with van der Waals surface area (Å²) in [5, 5.41) is 5.42. The average Bonchev–Trinajstić information content (AvgIpc) is 3.42. The van der Waals surface area contributed by atoms with Crippen molar-refractivity contribution in [2.45, 2.75) is 12.6 Å². The third kappa shape index (κ3) is 4.52. The summed E-state index contributed by atoms with van der Waals surface area (Å²) in [5.41, 5.74) is 0.848. The summed E-state index contributed by atoms with van der Waals surface area (Å²) in [6, 6.07) is 10.2. The van der Waals surface area contributed by atoms with Gasteiger partial charge in [0.15, 0.2) is 0 Å². The largest absolute Gasteiger partial charge is 0.442 e. The van der Waals surface area contributed by atoms with Crippen molar-refractivity contribution in [1.82, 2.24) is 9.88 Å². The average molecular weight is 450 g/mol. The van der Waals surface area contributed by atoms with E-state index in [2.05, 4.69) is 5.32 Å². The first-order chi connectivity index (χ1) is 14.0. The molecule has 0 spiro atoms. The fraction of sp³-hybridized carbons (Fsp3) is 0.211. The van der Waals surface area contributed by atoms with Crippen molar-refractivity contribution in [2.75, 3.05) is 18.0 Å². The van der Waals surface area contributed by atoms with Crippen LogP contribution in [0.15, 0.2) is 52.8 Å². The predicted octanol–water partition coefficient (Wildman–Crippen LogP) is 3.43. The molecular formula is C19H16ClN3O4S2. The summed E-state index contributed by atoms with van der Waals surface area (Å²) in [5.74, 6) is -0.247. The molecule has 0 unspecified atom stereocenters. The molecule has 4 heterocycles. The first-order valence-corrected chi connectivity index (χ1v) is 10.8. The maximum atomic E-state index is 12.3. The Kier molecular flexibility index (Phi) is 5.70. The first-order valence-electron chi connectivity index (χ1n) is 8.74. The Balaban J connectivity index is 1.36. The summed E-state index contributed by atoms with van der Waals surface area (Å²) in [4.78, 5) is 38.3. The molecule has 1 atom stereocenters. The van der Waals surface area contributed by atoms with Gasteiger partial charge in [-0.05, 0) is 35.2 Å². The lowest BCUT2D eigenvalue weighted by Gasteiger charge is -2.10. The molecular weight excluding hydrogens is 434 g/mol. The summed E-state index contributed by atoms with van der Waals surface area (Å²) in [6.45, 7) is 0.992. The van der Waals surface area contributed by atoms with E-state index in [9.17, 15) is 14.4 Å². The standard InChI is InChI=1S/C19H16ClN3O4S2/c20-15-5-4-14(29-15)18(25)21-8-13-10-23(19(26)27-13)17-7-12(11-28-17)9-22-6-2-1-3-16(22)24/h1-7,11,13H,8-10H2,(H,21,25)/t13-/m0/s1. The van der Waals surface area contributed by atoms with Crippen LogP contribution in [0.2, 0.25) is 4.34 Å². The van der Waals surface area contributed by atoms with Crippen LogP contribution in [-0.4, -0.2) is 35.8 Å². The van der Waals surface area contributed by atoms with Gasteiger partial charge in [0.2, 0.25) is 0 Å². The van der Waals surface area contributed by atoms with E-state index < -0.39 is 12.2 Å². The van der Waals surface area contributed by atoms with Gasteiger partial charge in [-0.2, -0.15) is 0 Å². The van der Waals surface area contributed by atoms with Crippen molar-refractivity contribution in [1.29, 1.82) is 0 Å². The smallest absolute Gasteiger partial charge is 0.415 e. The molecule has 0 aromatic carbocycles. The number of rotatable bonds is 6. The molecule has 1 fully saturated rings. The van der Waals surface area contributed by atoms with Gasteiger partial charge in [0.1, 0.15) is 11.1 Å². The maximum Gasteiger partial charge on any atom is 0.415 e. The SMILES string of the molecule is O=C(NC[C@H]1CN(c2cc(Cn3ccccc3=O)cs2)C(=O)O1)c1ccc(Cl)s1. The maximum absolute atomic E-state index is 12.3. The van der Waals surface area contributed by atoms with Gasteiger partial charge < -0.3 is 14.6 Å². The van der Waals surface area contributed by atoms with Gasteiger partial charge in [-0.3, -0.25) is 14.5 Å². The molecule has 10 heteroatoms. The number of nitrogens with zero attached hydrogens (tertiary/aromatic N) is 2. The second-order valence-electron chi connectivity index (χ2n) is 6.39. The summed E-state index contributed by atoms with van der Waals surface area (Å²) in [7, 11) is 0. The van der Waals surface area contributed by atoms with Gasteiger partial charge in [-0.15, -0.1) is 22.7 Å². The molecule has 150 valence electrons. The van der Waals surface area contributed by atoms with E-state index in [4.69, 9.17) is 16.3 Å². The number of carbonyl (C=O) groups is 2. The fourth-order valence-electron chi connectivity index (χ4n) is 2.91. The number of amides is 2. The number of hydrogen-bond donors (Lipinski definition) is 1. The topological polar surface area (TPSA) is 80.6 Å². The van der Waals surface area contributed by atoms with Crippen molar-refractivity contribution < 1.29 is 14.3 Å². The van der Waals surface area contributed by atoms with Crippen molar-refractivity contribution >= 4 is 51.3 Å². The van der Waals surface area contributed by atoms with Gasteiger partial charge in [-0.1, -0.05) is 17.7 Å². The van der Waals surface area contributed by atoms with Crippen molar-refractivity contribution in [3.63, 3.8) is 0 Å². The van der Waals surface area contributed by atoms with Crippen molar-refractivity contribution in [2.24, 2.45) is 0 Å². The molecule has 0 saturated carbocycles. The zero-order valence-electron chi connectivity index (χ0n) is 15.0. The van der Waals surface area contributed by atoms with Gasteiger partial charge in [0.05, 0.1) is 28.8 Å². The molecule has 0 radical (unpaired) electrons. The molecule has 1 N–H and O–H groups in total. The first kappa shape index (κ1) is 19.7. The Morgan fingerprint density at radius 1 is 1.28 bits per heavy atom. The minimum absolute atomic E-state index is 0.0799. The van der Waals surface area contributed by atoms with Gasteiger partial charge in [-0.25, -0.2) is 4.79 Å². The molecule has 0 bridgehead atoms. The van der Waals surface area contributed by atoms with Gasteiger partial charge >= 0.3 is 6.09 Å². The number of thiophene rings is 2. The number of cyclic esters (lactones) is 1. The van der Waals surface area contributed by atoms with Crippen LogP contribution >= 0.6 is 34.3 Å². The molecule has 1 saturated heterocycles. The van der Waals surface area contributed by atoms with E-state index in [-0.39, 0.29) is 18.0 Å². The van der Waals surface area contributed by atoms with Crippen LogP contribution < -0.4 is 15.8 Å². The second-order valence-corrected chi connectivity index (χ2v) is 8.99. The van der Waals surface area contributed by atoms with E-state index in [1.807, 2.05) is 11.4 Å². The molecule has 3 aromatic rings. The van der Waals surface area contributed by atoms with Crippen LogP contribution in [0.1, 0.15) is 15.2 Å². The zero-order chi connectivity index (χ0) is 20.4. The normalized spacial score (nSPS) is 16.1. The molecule has 4 rings (SSSR count). The van der Waals surface area contributed by atoms with Gasteiger partial charge in [0, 0.05) is 12.3 Å². The Morgan fingerprint density at radius 2 is 2.14 bits per heavy atom. The Hall–Kier alpha value is -2.62.